The number of likely N-dealkylation sites (N-methyl/N-ethyl adjacent to an activating group) is 1. The highest BCUT2D eigenvalue weighted by molar-refractivity contribution is 5.10. The van der Waals surface area contributed by atoms with Crippen LogP contribution in [0.4, 0.5) is 0 Å². The first-order valence-electron chi connectivity index (χ1n) is 6.06. The van der Waals surface area contributed by atoms with E-state index in [1.807, 2.05) is 12.3 Å². The lowest BCUT2D eigenvalue weighted by Gasteiger charge is -2.18. The standard InChI is InChI=1S/C13H23N3O/c1-11(2)14-6-8-15(3)10-12-5-7-16(4)13(17)9-12/h5,7,9,11,14H,6,8,10H2,1-4H3. The smallest absolute Gasteiger partial charge is 0.250 e. The second kappa shape index (κ2) is 6.57. The van der Waals surface area contributed by atoms with Gasteiger partial charge in [-0.05, 0) is 18.7 Å². The summed E-state index contributed by atoms with van der Waals surface area (Å²) in [4.78, 5) is 13.7. The molecule has 96 valence electrons. The third kappa shape index (κ3) is 5.15. The number of aromatic nitrogens is 1. The van der Waals surface area contributed by atoms with Crippen LogP contribution < -0.4 is 10.9 Å². The molecule has 0 bridgehead atoms. The van der Waals surface area contributed by atoms with Gasteiger partial charge in [0.1, 0.15) is 0 Å². The average Bonchev–Trinajstić information content (AvgIpc) is 2.23. The fourth-order valence-electron chi connectivity index (χ4n) is 1.62. The topological polar surface area (TPSA) is 37.3 Å². The molecule has 0 aliphatic rings. The molecular formula is C13H23N3O. The average molecular weight is 237 g/mol. The predicted octanol–water partition coefficient (Wildman–Crippen LogP) is 0.815. The van der Waals surface area contributed by atoms with Crippen molar-refractivity contribution >= 4 is 0 Å². The molecule has 0 fully saturated rings. The molecule has 0 radical (unpaired) electrons. The number of hydrogen-bond donors (Lipinski definition) is 1. The van der Waals surface area contributed by atoms with Gasteiger partial charge in [0.05, 0.1) is 0 Å². The largest absolute Gasteiger partial charge is 0.319 e. The zero-order chi connectivity index (χ0) is 12.8. The van der Waals surface area contributed by atoms with Crippen LogP contribution in [0.15, 0.2) is 23.1 Å². The van der Waals surface area contributed by atoms with Crippen LogP contribution in [0, 0.1) is 0 Å². The van der Waals surface area contributed by atoms with Gasteiger partial charge >= 0.3 is 0 Å². The minimum atomic E-state index is 0.0520. The Balaban J connectivity index is 2.42. The second-order valence-corrected chi connectivity index (χ2v) is 4.83. The van der Waals surface area contributed by atoms with Crippen molar-refractivity contribution in [3.05, 3.63) is 34.2 Å². The van der Waals surface area contributed by atoms with Gasteiger partial charge in [0.25, 0.3) is 5.56 Å². The molecule has 1 N–H and O–H groups in total. The van der Waals surface area contributed by atoms with E-state index in [0.29, 0.717) is 6.04 Å². The summed E-state index contributed by atoms with van der Waals surface area (Å²) >= 11 is 0. The Morgan fingerprint density at radius 1 is 1.47 bits per heavy atom. The molecule has 4 nitrogen and oxygen atoms in total. The zero-order valence-corrected chi connectivity index (χ0v) is 11.2. The number of pyridine rings is 1. The van der Waals surface area contributed by atoms with Crippen molar-refractivity contribution in [2.24, 2.45) is 7.05 Å². The molecule has 1 aromatic rings. The molecule has 17 heavy (non-hydrogen) atoms. The Morgan fingerprint density at radius 2 is 2.18 bits per heavy atom. The minimum Gasteiger partial charge on any atom is -0.319 e. The molecule has 0 amide bonds. The lowest BCUT2D eigenvalue weighted by molar-refractivity contribution is 0.319. The van der Waals surface area contributed by atoms with E-state index in [9.17, 15) is 4.79 Å². The van der Waals surface area contributed by atoms with Crippen LogP contribution in [-0.2, 0) is 13.6 Å². The molecule has 0 spiro atoms. The molecule has 1 rings (SSSR count). The first-order chi connectivity index (χ1) is 7.99. The van der Waals surface area contributed by atoms with Crippen LogP contribution in [-0.4, -0.2) is 35.6 Å². The van der Waals surface area contributed by atoms with Crippen molar-refractivity contribution in [2.75, 3.05) is 20.1 Å². The lowest BCUT2D eigenvalue weighted by atomic mass is 10.2. The van der Waals surface area contributed by atoms with Crippen molar-refractivity contribution in [3.8, 4) is 0 Å². The van der Waals surface area contributed by atoms with Gasteiger partial charge in [-0.25, -0.2) is 0 Å². The van der Waals surface area contributed by atoms with Crippen molar-refractivity contribution in [1.29, 1.82) is 0 Å². The maximum absolute atomic E-state index is 11.5. The molecule has 0 unspecified atom stereocenters. The molecule has 0 saturated carbocycles. The zero-order valence-electron chi connectivity index (χ0n) is 11.2. The highest BCUT2D eigenvalue weighted by Crippen LogP contribution is 1.98. The second-order valence-electron chi connectivity index (χ2n) is 4.83. The Kier molecular flexibility index (Phi) is 5.38. The third-order valence-electron chi connectivity index (χ3n) is 2.67. The van der Waals surface area contributed by atoms with Gasteiger partial charge in [-0.2, -0.15) is 0 Å². The number of hydrogen-bond acceptors (Lipinski definition) is 3. The highest BCUT2D eigenvalue weighted by Gasteiger charge is 2.02. The number of nitrogens with zero attached hydrogens (tertiary/aromatic N) is 2. The van der Waals surface area contributed by atoms with E-state index in [1.165, 1.54) is 0 Å². The monoisotopic (exact) mass is 237 g/mol. The van der Waals surface area contributed by atoms with Crippen molar-refractivity contribution in [1.82, 2.24) is 14.8 Å². The van der Waals surface area contributed by atoms with Gasteiger partial charge in [-0.15, -0.1) is 0 Å². The third-order valence-corrected chi connectivity index (χ3v) is 2.67. The molecule has 0 aliphatic carbocycles. The van der Waals surface area contributed by atoms with E-state index in [4.69, 9.17) is 0 Å². The highest BCUT2D eigenvalue weighted by atomic mass is 16.1. The van der Waals surface area contributed by atoms with Gasteiger partial charge in [-0.3, -0.25) is 4.79 Å². The van der Waals surface area contributed by atoms with Gasteiger partial charge in [-0.1, -0.05) is 13.8 Å². The van der Waals surface area contributed by atoms with Gasteiger partial charge < -0.3 is 14.8 Å². The van der Waals surface area contributed by atoms with Crippen LogP contribution in [0.25, 0.3) is 0 Å². The fourth-order valence-corrected chi connectivity index (χ4v) is 1.62. The summed E-state index contributed by atoms with van der Waals surface area (Å²) in [5.41, 5.74) is 1.12. The van der Waals surface area contributed by atoms with Crippen LogP contribution >= 0.6 is 0 Å². The Morgan fingerprint density at radius 3 is 2.76 bits per heavy atom. The van der Waals surface area contributed by atoms with Crippen LogP contribution in [0.5, 0.6) is 0 Å². The molecule has 0 aromatic carbocycles. The first-order valence-corrected chi connectivity index (χ1v) is 6.06. The van der Waals surface area contributed by atoms with E-state index in [0.717, 1.165) is 25.2 Å². The first kappa shape index (κ1) is 13.9. The molecule has 1 heterocycles. The van der Waals surface area contributed by atoms with E-state index in [1.54, 1.807) is 17.7 Å². The fraction of sp³-hybridized carbons (Fsp3) is 0.615. The van der Waals surface area contributed by atoms with Crippen LogP contribution in [0.2, 0.25) is 0 Å². The number of rotatable bonds is 6. The molecule has 0 aliphatic heterocycles. The summed E-state index contributed by atoms with van der Waals surface area (Å²) in [5.74, 6) is 0. The normalized spacial score (nSPS) is 11.4. The van der Waals surface area contributed by atoms with E-state index < -0.39 is 0 Å². The van der Waals surface area contributed by atoms with Crippen LogP contribution in [0.1, 0.15) is 19.4 Å². The predicted molar refractivity (Wildman–Crippen MR) is 71.2 cm³/mol. The Hall–Kier alpha value is -1.13. The molecular weight excluding hydrogens is 214 g/mol. The number of aryl methyl sites for hydroxylation is 1. The summed E-state index contributed by atoms with van der Waals surface area (Å²) < 4.78 is 1.59. The van der Waals surface area contributed by atoms with Crippen LogP contribution in [0.3, 0.4) is 0 Å². The van der Waals surface area contributed by atoms with Gasteiger partial charge in [0, 0.05) is 45.0 Å². The van der Waals surface area contributed by atoms with E-state index in [-0.39, 0.29) is 5.56 Å². The summed E-state index contributed by atoms with van der Waals surface area (Å²) in [6.07, 6.45) is 1.82. The maximum atomic E-state index is 11.5. The van der Waals surface area contributed by atoms with Gasteiger partial charge in [0.2, 0.25) is 0 Å². The molecule has 0 saturated heterocycles. The van der Waals surface area contributed by atoms with Crippen molar-refractivity contribution in [3.63, 3.8) is 0 Å². The van der Waals surface area contributed by atoms with E-state index >= 15 is 0 Å². The van der Waals surface area contributed by atoms with Gasteiger partial charge in [0.15, 0.2) is 0 Å². The Bertz CT molecular complexity index is 398. The maximum Gasteiger partial charge on any atom is 0.250 e. The summed E-state index contributed by atoms with van der Waals surface area (Å²) in [6, 6.07) is 4.22. The van der Waals surface area contributed by atoms with E-state index in [2.05, 4.69) is 31.1 Å². The minimum absolute atomic E-state index is 0.0520. The molecule has 4 heteroatoms. The quantitative estimate of drug-likeness (QED) is 0.796. The summed E-state index contributed by atoms with van der Waals surface area (Å²) in [5, 5.41) is 3.38. The molecule has 1 aromatic heterocycles. The number of nitrogens with one attached hydrogen (secondary N) is 1. The van der Waals surface area contributed by atoms with Crippen molar-refractivity contribution in [2.45, 2.75) is 26.4 Å². The molecule has 0 atom stereocenters. The Labute approximate surface area is 103 Å². The lowest BCUT2D eigenvalue weighted by Crippen LogP contribution is -2.32. The summed E-state index contributed by atoms with van der Waals surface area (Å²) in [6.45, 7) is 7.05. The SMILES string of the molecule is CC(C)NCCN(C)Cc1ccn(C)c(=O)c1. The summed E-state index contributed by atoms with van der Waals surface area (Å²) in [7, 11) is 3.84. The van der Waals surface area contributed by atoms with Crippen molar-refractivity contribution < 1.29 is 0 Å².